The van der Waals surface area contributed by atoms with Crippen LogP contribution in [-0.4, -0.2) is 17.4 Å². The number of benzene rings is 1. The Hall–Kier alpha value is -2.16. The zero-order valence-electron chi connectivity index (χ0n) is 9.59. The van der Waals surface area contributed by atoms with Crippen molar-refractivity contribution in [3.05, 3.63) is 59.9 Å². The number of aromatic nitrogens is 1. The molecule has 0 amide bonds. The van der Waals surface area contributed by atoms with E-state index in [0.29, 0.717) is 23.6 Å². The second kappa shape index (κ2) is 5.25. The molecule has 0 saturated carbocycles. The van der Waals surface area contributed by atoms with Gasteiger partial charge in [0.25, 0.3) is 0 Å². The highest BCUT2D eigenvalue weighted by molar-refractivity contribution is 6.07. The van der Waals surface area contributed by atoms with E-state index in [0.717, 1.165) is 0 Å². The third kappa shape index (κ3) is 2.69. The van der Waals surface area contributed by atoms with Gasteiger partial charge in [0, 0.05) is 11.8 Å². The number of hydrogen-bond donors (Lipinski definition) is 0. The van der Waals surface area contributed by atoms with Crippen LogP contribution >= 0.6 is 0 Å². The van der Waals surface area contributed by atoms with Crippen LogP contribution in [0.1, 0.15) is 23.0 Å². The van der Waals surface area contributed by atoms with E-state index >= 15 is 0 Å². The highest BCUT2D eigenvalue weighted by Crippen LogP contribution is 2.15. The van der Waals surface area contributed by atoms with Gasteiger partial charge in [0.1, 0.15) is 11.4 Å². The van der Waals surface area contributed by atoms with E-state index in [2.05, 4.69) is 4.98 Å². The Morgan fingerprint density at radius 1 is 1.24 bits per heavy atom. The summed E-state index contributed by atoms with van der Waals surface area (Å²) in [6.45, 7) is 2.49. The minimum atomic E-state index is -0.0906. The number of hydrogen-bond acceptors (Lipinski definition) is 3. The fraction of sp³-hybridized carbons (Fsp3) is 0.143. The van der Waals surface area contributed by atoms with Crippen molar-refractivity contribution in [2.75, 3.05) is 6.61 Å². The third-order valence-corrected chi connectivity index (χ3v) is 2.30. The molecule has 0 aliphatic carbocycles. The summed E-state index contributed by atoms with van der Waals surface area (Å²) in [7, 11) is 0. The molecule has 0 unspecified atom stereocenters. The summed E-state index contributed by atoms with van der Waals surface area (Å²) in [5.41, 5.74) is 1.04. The molecule has 0 bridgehead atoms. The second-order valence-electron chi connectivity index (χ2n) is 3.50. The Kier molecular flexibility index (Phi) is 3.50. The van der Waals surface area contributed by atoms with Crippen LogP contribution < -0.4 is 4.74 Å². The average Bonchev–Trinajstić information content (AvgIpc) is 2.40. The molecule has 86 valence electrons. The van der Waals surface area contributed by atoms with Gasteiger partial charge >= 0.3 is 0 Å². The van der Waals surface area contributed by atoms with Crippen molar-refractivity contribution in [1.29, 1.82) is 0 Å². The molecule has 0 atom stereocenters. The number of pyridine rings is 1. The molecule has 0 N–H and O–H groups in total. The smallest absolute Gasteiger partial charge is 0.211 e. The molecule has 1 heterocycles. The minimum absolute atomic E-state index is 0.0906. The summed E-state index contributed by atoms with van der Waals surface area (Å²) < 4.78 is 5.36. The Bertz CT molecular complexity index is 509. The molecule has 2 aromatic rings. The first-order valence-electron chi connectivity index (χ1n) is 5.50. The predicted octanol–water partition coefficient (Wildman–Crippen LogP) is 2.71. The molecule has 0 radical (unpaired) electrons. The molecule has 3 nitrogen and oxygen atoms in total. The Balaban J connectivity index is 2.28. The fourth-order valence-corrected chi connectivity index (χ4v) is 1.54. The molecule has 17 heavy (non-hydrogen) atoms. The quantitative estimate of drug-likeness (QED) is 0.754. The van der Waals surface area contributed by atoms with Gasteiger partial charge < -0.3 is 4.74 Å². The summed E-state index contributed by atoms with van der Waals surface area (Å²) in [5, 5.41) is 0. The average molecular weight is 227 g/mol. The third-order valence-electron chi connectivity index (χ3n) is 2.30. The fourth-order valence-electron chi connectivity index (χ4n) is 1.54. The van der Waals surface area contributed by atoms with E-state index in [1.54, 1.807) is 42.6 Å². The molecule has 0 fully saturated rings. The molecular formula is C14H13NO2. The molecule has 0 aliphatic rings. The maximum absolute atomic E-state index is 12.1. The lowest BCUT2D eigenvalue weighted by Gasteiger charge is -2.05. The van der Waals surface area contributed by atoms with E-state index in [-0.39, 0.29) is 5.78 Å². The molecular weight excluding hydrogens is 214 g/mol. The first kappa shape index (κ1) is 11.3. The summed E-state index contributed by atoms with van der Waals surface area (Å²) in [6.07, 6.45) is 1.61. The van der Waals surface area contributed by atoms with Crippen molar-refractivity contribution in [2.45, 2.75) is 6.92 Å². The van der Waals surface area contributed by atoms with Crippen LogP contribution in [0.5, 0.6) is 5.75 Å². The highest BCUT2D eigenvalue weighted by atomic mass is 16.5. The number of rotatable bonds is 4. The van der Waals surface area contributed by atoms with Gasteiger partial charge in [-0.15, -0.1) is 0 Å². The zero-order valence-corrected chi connectivity index (χ0v) is 9.59. The number of carbonyl (C=O) groups is 1. The zero-order chi connectivity index (χ0) is 12.1. The summed E-state index contributed by atoms with van der Waals surface area (Å²) in [6, 6.07) is 12.4. The van der Waals surface area contributed by atoms with Crippen LogP contribution in [-0.2, 0) is 0 Å². The van der Waals surface area contributed by atoms with Crippen LogP contribution in [0, 0.1) is 0 Å². The van der Waals surface area contributed by atoms with Crippen molar-refractivity contribution in [2.24, 2.45) is 0 Å². The molecule has 0 saturated heterocycles. The predicted molar refractivity (Wildman–Crippen MR) is 65.3 cm³/mol. The van der Waals surface area contributed by atoms with Gasteiger partial charge in [-0.2, -0.15) is 0 Å². The standard InChI is InChI=1S/C14H13NO2/c1-2-17-12-7-5-6-11(10-12)14(16)13-8-3-4-9-15-13/h3-10H,2H2,1H3. The molecule has 2 rings (SSSR count). The van der Waals surface area contributed by atoms with E-state index in [9.17, 15) is 4.79 Å². The van der Waals surface area contributed by atoms with Crippen LogP contribution in [0.15, 0.2) is 48.7 Å². The maximum atomic E-state index is 12.1. The summed E-state index contributed by atoms with van der Waals surface area (Å²) in [4.78, 5) is 16.1. The van der Waals surface area contributed by atoms with Crippen LogP contribution in [0.3, 0.4) is 0 Å². The molecule has 0 aliphatic heterocycles. The number of ketones is 1. The summed E-state index contributed by atoms with van der Waals surface area (Å²) in [5.74, 6) is 0.612. The monoisotopic (exact) mass is 227 g/mol. The Labute approximate surface area is 100 Å². The lowest BCUT2D eigenvalue weighted by atomic mass is 10.1. The number of carbonyl (C=O) groups excluding carboxylic acids is 1. The van der Waals surface area contributed by atoms with Gasteiger partial charge in [-0.3, -0.25) is 9.78 Å². The first-order chi connectivity index (χ1) is 8.31. The minimum Gasteiger partial charge on any atom is -0.494 e. The molecule has 1 aromatic carbocycles. The Morgan fingerprint density at radius 3 is 2.82 bits per heavy atom. The van der Waals surface area contributed by atoms with Crippen molar-refractivity contribution >= 4 is 5.78 Å². The van der Waals surface area contributed by atoms with Crippen LogP contribution in [0.25, 0.3) is 0 Å². The summed E-state index contributed by atoms with van der Waals surface area (Å²) >= 11 is 0. The van der Waals surface area contributed by atoms with Crippen molar-refractivity contribution in [1.82, 2.24) is 4.98 Å². The van der Waals surface area contributed by atoms with Gasteiger partial charge in [0.15, 0.2) is 0 Å². The van der Waals surface area contributed by atoms with Crippen molar-refractivity contribution in [3.8, 4) is 5.75 Å². The normalized spacial score (nSPS) is 9.94. The van der Waals surface area contributed by atoms with Crippen molar-refractivity contribution < 1.29 is 9.53 Å². The lowest BCUT2D eigenvalue weighted by molar-refractivity contribution is 0.103. The van der Waals surface area contributed by atoms with E-state index in [1.807, 2.05) is 13.0 Å². The van der Waals surface area contributed by atoms with Gasteiger partial charge in [-0.25, -0.2) is 0 Å². The van der Waals surface area contributed by atoms with Crippen LogP contribution in [0.2, 0.25) is 0 Å². The highest BCUT2D eigenvalue weighted by Gasteiger charge is 2.10. The second-order valence-corrected chi connectivity index (χ2v) is 3.50. The van der Waals surface area contributed by atoms with Crippen molar-refractivity contribution in [3.63, 3.8) is 0 Å². The SMILES string of the molecule is CCOc1cccc(C(=O)c2ccccn2)c1. The molecule has 1 aromatic heterocycles. The van der Waals surface area contributed by atoms with E-state index in [1.165, 1.54) is 0 Å². The van der Waals surface area contributed by atoms with Gasteiger partial charge in [-0.05, 0) is 31.2 Å². The van der Waals surface area contributed by atoms with Crippen LogP contribution in [0.4, 0.5) is 0 Å². The largest absolute Gasteiger partial charge is 0.494 e. The van der Waals surface area contributed by atoms with Gasteiger partial charge in [-0.1, -0.05) is 18.2 Å². The van der Waals surface area contributed by atoms with Gasteiger partial charge in [0.2, 0.25) is 5.78 Å². The maximum Gasteiger partial charge on any atom is 0.211 e. The van der Waals surface area contributed by atoms with Gasteiger partial charge in [0.05, 0.1) is 6.61 Å². The number of ether oxygens (including phenoxy) is 1. The first-order valence-corrected chi connectivity index (χ1v) is 5.50. The molecule has 0 spiro atoms. The topological polar surface area (TPSA) is 39.2 Å². The van der Waals surface area contributed by atoms with E-state index in [4.69, 9.17) is 4.74 Å². The van der Waals surface area contributed by atoms with E-state index < -0.39 is 0 Å². The lowest BCUT2D eigenvalue weighted by Crippen LogP contribution is -2.04. The number of nitrogens with zero attached hydrogens (tertiary/aromatic N) is 1. The molecule has 3 heteroatoms. The Morgan fingerprint density at radius 2 is 2.12 bits per heavy atom.